The van der Waals surface area contributed by atoms with E-state index in [2.05, 4.69) is 16.3 Å². The first-order valence-corrected chi connectivity index (χ1v) is 4.03. The maximum atomic E-state index is 11.1. The summed E-state index contributed by atoms with van der Waals surface area (Å²) in [6, 6.07) is 1.52. The Hall–Kier alpha value is -1.68. The first-order valence-electron chi connectivity index (χ1n) is 4.03. The van der Waals surface area contributed by atoms with Crippen LogP contribution >= 0.6 is 0 Å². The first kappa shape index (κ1) is 10.4. The van der Waals surface area contributed by atoms with Crippen molar-refractivity contribution in [3.05, 3.63) is 42.2 Å². The normalized spacial score (nSPS) is 11.9. The largest absolute Gasteiger partial charge is 0.465 e. The summed E-state index contributed by atoms with van der Waals surface area (Å²) in [4.78, 5) is 14.9. The van der Waals surface area contributed by atoms with Crippen LogP contribution in [-0.4, -0.2) is 23.2 Å². The van der Waals surface area contributed by atoms with E-state index in [-0.39, 0.29) is 0 Å². The Kier molecular flexibility index (Phi) is 3.36. The van der Waals surface area contributed by atoms with Crippen LogP contribution < -0.4 is 0 Å². The highest BCUT2D eigenvalue weighted by atomic mass is 16.5. The Labute approximate surface area is 81.9 Å². The van der Waals surface area contributed by atoms with Crippen molar-refractivity contribution in [3.63, 3.8) is 0 Å². The smallest absolute Gasteiger partial charge is 0.339 e. The number of aromatic nitrogens is 1. The van der Waals surface area contributed by atoms with Crippen molar-refractivity contribution in [1.29, 1.82) is 0 Å². The number of carbonyl (C=O) groups is 1. The number of aliphatic hydroxyl groups is 1. The third kappa shape index (κ3) is 2.17. The molecule has 1 unspecified atom stereocenters. The Morgan fingerprint density at radius 1 is 1.71 bits per heavy atom. The molecule has 1 heterocycles. The van der Waals surface area contributed by atoms with Gasteiger partial charge >= 0.3 is 5.97 Å². The molecule has 0 saturated heterocycles. The molecule has 4 nitrogen and oxygen atoms in total. The van der Waals surface area contributed by atoms with Gasteiger partial charge in [-0.25, -0.2) is 4.79 Å². The summed E-state index contributed by atoms with van der Waals surface area (Å²) in [5, 5.41) is 9.40. The number of aliphatic hydroxyl groups excluding tert-OH is 1. The SMILES string of the molecule is C=CC(O)c1cncc(C(=O)OC)c1. The van der Waals surface area contributed by atoms with Gasteiger partial charge in [0.15, 0.2) is 0 Å². The second-order valence-electron chi connectivity index (χ2n) is 2.68. The molecule has 0 saturated carbocycles. The van der Waals surface area contributed by atoms with E-state index in [0.717, 1.165) is 0 Å². The van der Waals surface area contributed by atoms with Gasteiger partial charge in [0, 0.05) is 18.0 Å². The van der Waals surface area contributed by atoms with E-state index in [1.54, 1.807) is 0 Å². The zero-order valence-corrected chi connectivity index (χ0v) is 7.80. The summed E-state index contributed by atoms with van der Waals surface area (Å²) >= 11 is 0. The number of esters is 1. The van der Waals surface area contributed by atoms with Crippen molar-refractivity contribution in [2.45, 2.75) is 6.10 Å². The van der Waals surface area contributed by atoms with Gasteiger partial charge in [0.25, 0.3) is 0 Å². The molecular weight excluding hydrogens is 182 g/mol. The molecule has 0 bridgehead atoms. The van der Waals surface area contributed by atoms with E-state index in [4.69, 9.17) is 0 Å². The van der Waals surface area contributed by atoms with Gasteiger partial charge in [-0.1, -0.05) is 6.08 Å². The van der Waals surface area contributed by atoms with E-state index in [1.165, 1.54) is 31.6 Å². The van der Waals surface area contributed by atoms with Crippen LogP contribution in [0.5, 0.6) is 0 Å². The maximum absolute atomic E-state index is 11.1. The molecule has 1 atom stereocenters. The van der Waals surface area contributed by atoms with Crippen molar-refractivity contribution in [2.75, 3.05) is 7.11 Å². The minimum atomic E-state index is -0.813. The third-order valence-electron chi connectivity index (χ3n) is 1.75. The Balaban J connectivity index is 3.00. The van der Waals surface area contributed by atoms with Gasteiger partial charge in [0.1, 0.15) is 0 Å². The van der Waals surface area contributed by atoms with Gasteiger partial charge in [-0.15, -0.1) is 6.58 Å². The van der Waals surface area contributed by atoms with E-state index >= 15 is 0 Å². The molecule has 0 aliphatic rings. The summed E-state index contributed by atoms with van der Waals surface area (Å²) in [5.74, 6) is -0.476. The Morgan fingerprint density at radius 2 is 2.43 bits per heavy atom. The summed E-state index contributed by atoms with van der Waals surface area (Å²) in [5.41, 5.74) is 0.828. The van der Waals surface area contributed by atoms with Gasteiger partial charge in [0.05, 0.1) is 18.8 Å². The fourth-order valence-electron chi connectivity index (χ4n) is 0.985. The molecule has 74 valence electrons. The highest BCUT2D eigenvalue weighted by molar-refractivity contribution is 5.89. The molecule has 0 radical (unpaired) electrons. The molecule has 1 rings (SSSR count). The molecule has 0 aromatic carbocycles. The second kappa shape index (κ2) is 4.53. The number of ether oxygens (including phenoxy) is 1. The molecule has 0 aliphatic carbocycles. The lowest BCUT2D eigenvalue weighted by Gasteiger charge is -2.05. The van der Waals surface area contributed by atoms with Gasteiger partial charge in [-0.2, -0.15) is 0 Å². The van der Waals surface area contributed by atoms with Crippen molar-refractivity contribution >= 4 is 5.97 Å². The average Bonchev–Trinajstić information content (AvgIpc) is 2.27. The van der Waals surface area contributed by atoms with Gasteiger partial charge in [-0.3, -0.25) is 4.98 Å². The highest BCUT2D eigenvalue weighted by Gasteiger charge is 2.09. The lowest BCUT2D eigenvalue weighted by Crippen LogP contribution is -2.04. The molecular formula is C10H11NO3. The number of nitrogens with zero attached hydrogens (tertiary/aromatic N) is 1. The molecule has 4 heteroatoms. The summed E-state index contributed by atoms with van der Waals surface area (Å²) in [6.45, 7) is 3.44. The number of methoxy groups -OCH3 is 1. The second-order valence-corrected chi connectivity index (χ2v) is 2.68. The van der Waals surface area contributed by atoms with E-state index in [9.17, 15) is 9.90 Å². The molecule has 0 amide bonds. The van der Waals surface area contributed by atoms with Gasteiger partial charge < -0.3 is 9.84 Å². The molecule has 0 spiro atoms. The highest BCUT2D eigenvalue weighted by Crippen LogP contribution is 2.13. The maximum Gasteiger partial charge on any atom is 0.339 e. The fraction of sp³-hybridized carbons (Fsp3) is 0.200. The fourth-order valence-corrected chi connectivity index (χ4v) is 0.985. The predicted octanol–water partition coefficient (Wildman–Crippen LogP) is 1.09. The number of rotatable bonds is 3. The number of hydrogen-bond acceptors (Lipinski definition) is 4. The average molecular weight is 193 g/mol. The van der Waals surface area contributed by atoms with Crippen LogP contribution in [0.15, 0.2) is 31.1 Å². The molecule has 1 N–H and O–H groups in total. The van der Waals surface area contributed by atoms with Crippen molar-refractivity contribution in [3.8, 4) is 0 Å². The minimum Gasteiger partial charge on any atom is -0.465 e. The van der Waals surface area contributed by atoms with Crippen molar-refractivity contribution in [1.82, 2.24) is 4.98 Å². The van der Waals surface area contributed by atoms with E-state index < -0.39 is 12.1 Å². The molecule has 0 aliphatic heterocycles. The van der Waals surface area contributed by atoms with Crippen molar-refractivity contribution in [2.24, 2.45) is 0 Å². The Morgan fingerprint density at radius 3 is 3.00 bits per heavy atom. The van der Waals surface area contributed by atoms with Crippen LogP contribution in [0.3, 0.4) is 0 Å². The van der Waals surface area contributed by atoms with Crippen molar-refractivity contribution < 1.29 is 14.6 Å². The monoisotopic (exact) mass is 193 g/mol. The topological polar surface area (TPSA) is 59.4 Å². The zero-order valence-electron chi connectivity index (χ0n) is 7.80. The standard InChI is InChI=1S/C10H11NO3/c1-3-9(12)7-4-8(6-11-5-7)10(13)14-2/h3-6,9,12H,1H2,2H3. The third-order valence-corrected chi connectivity index (χ3v) is 1.75. The molecule has 1 aromatic rings. The van der Waals surface area contributed by atoms with Crippen LogP contribution in [0.25, 0.3) is 0 Å². The summed E-state index contributed by atoms with van der Waals surface area (Å²) < 4.78 is 4.52. The molecule has 14 heavy (non-hydrogen) atoms. The van der Waals surface area contributed by atoms with E-state index in [1.807, 2.05) is 0 Å². The van der Waals surface area contributed by atoms with Crippen LogP contribution in [0, 0.1) is 0 Å². The molecule has 1 aromatic heterocycles. The summed E-state index contributed by atoms with van der Waals surface area (Å²) in [6.07, 6.45) is 3.40. The lowest BCUT2D eigenvalue weighted by molar-refractivity contribution is 0.0600. The number of hydrogen-bond donors (Lipinski definition) is 1. The summed E-state index contributed by atoms with van der Waals surface area (Å²) in [7, 11) is 1.29. The van der Waals surface area contributed by atoms with Crippen LogP contribution in [0.1, 0.15) is 22.0 Å². The van der Waals surface area contributed by atoms with Crippen LogP contribution in [-0.2, 0) is 4.74 Å². The van der Waals surface area contributed by atoms with Crippen LogP contribution in [0.2, 0.25) is 0 Å². The molecule has 0 fully saturated rings. The zero-order chi connectivity index (χ0) is 10.6. The minimum absolute atomic E-state index is 0.311. The van der Waals surface area contributed by atoms with Gasteiger partial charge in [-0.05, 0) is 6.07 Å². The Bertz CT molecular complexity index is 349. The number of carbonyl (C=O) groups excluding carboxylic acids is 1. The lowest BCUT2D eigenvalue weighted by atomic mass is 10.1. The quantitative estimate of drug-likeness (QED) is 0.576. The van der Waals surface area contributed by atoms with E-state index in [0.29, 0.717) is 11.1 Å². The van der Waals surface area contributed by atoms with Gasteiger partial charge in [0.2, 0.25) is 0 Å². The van der Waals surface area contributed by atoms with Crippen LogP contribution in [0.4, 0.5) is 0 Å². The number of pyridine rings is 1. The predicted molar refractivity (Wildman–Crippen MR) is 50.7 cm³/mol. The first-order chi connectivity index (χ1) is 6.69.